The van der Waals surface area contributed by atoms with E-state index in [9.17, 15) is 0 Å². The summed E-state index contributed by atoms with van der Waals surface area (Å²) in [6.07, 6.45) is 2.56. The van der Waals surface area contributed by atoms with Crippen LogP contribution in [0.2, 0.25) is 0 Å². The summed E-state index contributed by atoms with van der Waals surface area (Å²) in [6, 6.07) is 8.53. The largest absolute Gasteiger partial charge is 0.497 e. The molecule has 1 aliphatic heterocycles. The fraction of sp³-hybridized carbons (Fsp3) is 0.571. The second-order valence-electron chi connectivity index (χ2n) is 4.49. The van der Waals surface area contributed by atoms with Crippen LogP contribution in [0.15, 0.2) is 24.3 Å². The molecule has 1 aliphatic rings. The molecule has 2 heteroatoms. The number of methoxy groups -OCH3 is 1. The van der Waals surface area contributed by atoms with Gasteiger partial charge in [0.25, 0.3) is 0 Å². The molecule has 16 heavy (non-hydrogen) atoms. The molecule has 0 aliphatic carbocycles. The molecule has 0 radical (unpaired) electrons. The van der Waals surface area contributed by atoms with Crippen molar-refractivity contribution < 1.29 is 4.74 Å². The maximum atomic E-state index is 5.28. The van der Waals surface area contributed by atoms with E-state index >= 15 is 0 Å². The van der Waals surface area contributed by atoms with Crippen LogP contribution in [0.3, 0.4) is 0 Å². The van der Waals surface area contributed by atoms with E-state index in [2.05, 4.69) is 30.0 Å². The Bertz CT molecular complexity index is 329. The monoisotopic (exact) mass is 219 g/mol. The first-order chi connectivity index (χ1) is 7.83. The minimum absolute atomic E-state index is 0.720. The van der Waals surface area contributed by atoms with E-state index in [1.807, 2.05) is 6.07 Å². The first-order valence-electron chi connectivity index (χ1n) is 6.19. The summed E-state index contributed by atoms with van der Waals surface area (Å²) < 4.78 is 5.28. The number of nitrogens with zero attached hydrogens (tertiary/aromatic N) is 1. The van der Waals surface area contributed by atoms with Crippen LogP contribution in [-0.2, 0) is 0 Å². The molecular weight excluding hydrogens is 198 g/mol. The molecule has 1 aromatic carbocycles. The average Bonchev–Trinajstić information content (AvgIpc) is 2.39. The Labute approximate surface area is 98.2 Å². The Morgan fingerprint density at radius 1 is 1.31 bits per heavy atom. The lowest BCUT2D eigenvalue weighted by Crippen LogP contribution is -2.32. The molecule has 0 aromatic heterocycles. The molecule has 0 unspecified atom stereocenters. The van der Waals surface area contributed by atoms with Crippen LogP contribution in [-0.4, -0.2) is 31.6 Å². The Morgan fingerprint density at radius 3 is 2.69 bits per heavy atom. The van der Waals surface area contributed by atoms with Crippen molar-refractivity contribution in [2.75, 3.05) is 26.7 Å². The molecule has 0 N–H and O–H groups in total. The Morgan fingerprint density at radius 2 is 2.06 bits per heavy atom. The van der Waals surface area contributed by atoms with Gasteiger partial charge in [-0.1, -0.05) is 19.1 Å². The molecule has 2 rings (SSSR count). The molecule has 2 nitrogen and oxygen atoms in total. The summed E-state index contributed by atoms with van der Waals surface area (Å²) in [5.41, 5.74) is 1.44. The molecule has 1 saturated heterocycles. The molecular formula is C14H21NO. The first-order valence-corrected chi connectivity index (χ1v) is 6.19. The van der Waals surface area contributed by atoms with Gasteiger partial charge in [0.2, 0.25) is 0 Å². The van der Waals surface area contributed by atoms with Gasteiger partial charge in [-0.3, -0.25) is 0 Å². The lowest BCUT2D eigenvalue weighted by molar-refractivity contribution is 0.222. The van der Waals surface area contributed by atoms with Crippen LogP contribution in [0.1, 0.15) is 31.2 Å². The van der Waals surface area contributed by atoms with E-state index in [1.54, 1.807) is 7.11 Å². The van der Waals surface area contributed by atoms with Crippen LogP contribution < -0.4 is 4.74 Å². The van der Waals surface area contributed by atoms with Crippen LogP contribution >= 0.6 is 0 Å². The summed E-state index contributed by atoms with van der Waals surface area (Å²) in [4.78, 5) is 2.52. The summed E-state index contributed by atoms with van der Waals surface area (Å²) in [5.74, 6) is 1.70. The molecule has 1 heterocycles. The lowest BCUT2D eigenvalue weighted by Gasteiger charge is -2.31. The number of hydrogen-bond donors (Lipinski definition) is 0. The van der Waals surface area contributed by atoms with Gasteiger partial charge in [0.05, 0.1) is 7.11 Å². The van der Waals surface area contributed by atoms with Crippen molar-refractivity contribution >= 4 is 0 Å². The molecule has 0 bridgehead atoms. The average molecular weight is 219 g/mol. The summed E-state index contributed by atoms with van der Waals surface area (Å²) in [7, 11) is 1.73. The predicted molar refractivity (Wildman–Crippen MR) is 67.1 cm³/mol. The van der Waals surface area contributed by atoms with Gasteiger partial charge in [-0.05, 0) is 56.1 Å². The van der Waals surface area contributed by atoms with E-state index in [-0.39, 0.29) is 0 Å². The van der Waals surface area contributed by atoms with Crippen LogP contribution in [0.5, 0.6) is 5.75 Å². The molecule has 88 valence electrons. The summed E-state index contributed by atoms with van der Waals surface area (Å²) >= 11 is 0. The van der Waals surface area contributed by atoms with E-state index in [1.165, 1.54) is 38.0 Å². The molecule has 0 amide bonds. The molecule has 1 aromatic rings. The SMILES string of the molecule is CCN1CCC(c2cccc(OC)c2)CC1. The Kier molecular flexibility index (Phi) is 3.83. The zero-order chi connectivity index (χ0) is 11.4. The second kappa shape index (κ2) is 5.35. The van der Waals surface area contributed by atoms with E-state index < -0.39 is 0 Å². The van der Waals surface area contributed by atoms with Gasteiger partial charge in [0.15, 0.2) is 0 Å². The van der Waals surface area contributed by atoms with Crippen LogP contribution in [0, 0.1) is 0 Å². The second-order valence-corrected chi connectivity index (χ2v) is 4.49. The maximum absolute atomic E-state index is 5.28. The van der Waals surface area contributed by atoms with Crippen molar-refractivity contribution in [3.8, 4) is 5.75 Å². The number of likely N-dealkylation sites (tertiary alicyclic amines) is 1. The number of rotatable bonds is 3. The quantitative estimate of drug-likeness (QED) is 0.775. The minimum atomic E-state index is 0.720. The highest BCUT2D eigenvalue weighted by Gasteiger charge is 2.19. The third kappa shape index (κ3) is 2.56. The lowest BCUT2D eigenvalue weighted by atomic mass is 9.89. The highest BCUT2D eigenvalue weighted by atomic mass is 16.5. The topological polar surface area (TPSA) is 12.5 Å². The zero-order valence-corrected chi connectivity index (χ0v) is 10.3. The van der Waals surface area contributed by atoms with Crippen molar-refractivity contribution in [1.29, 1.82) is 0 Å². The van der Waals surface area contributed by atoms with Gasteiger partial charge >= 0.3 is 0 Å². The van der Waals surface area contributed by atoms with Gasteiger partial charge in [-0.2, -0.15) is 0 Å². The van der Waals surface area contributed by atoms with Crippen molar-refractivity contribution in [3.63, 3.8) is 0 Å². The van der Waals surface area contributed by atoms with E-state index in [4.69, 9.17) is 4.74 Å². The van der Waals surface area contributed by atoms with Gasteiger partial charge < -0.3 is 9.64 Å². The Balaban J connectivity index is 2.02. The number of benzene rings is 1. The van der Waals surface area contributed by atoms with Crippen molar-refractivity contribution in [3.05, 3.63) is 29.8 Å². The van der Waals surface area contributed by atoms with Crippen LogP contribution in [0.4, 0.5) is 0 Å². The summed E-state index contributed by atoms with van der Waals surface area (Å²) in [5, 5.41) is 0. The third-order valence-electron chi connectivity index (χ3n) is 3.60. The van der Waals surface area contributed by atoms with E-state index in [0.717, 1.165) is 11.7 Å². The fourth-order valence-corrected chi connectivity index (χ4v) is 2.48. The smallest absolute Gasteiger partial charge is 0.119 e. The fourth-order valence-electron chi connectivity index (χ4n) is 2.48. The van der Waals surface area contributed by atoms with Gasteiger partial charge in [-0.15, -0.1) is 0 Å². The van der Waals surface area contributed by atoms with Gasteiger partial charge in [-0.25, -0.2) is 0 Å². The molecule has 0 spiro atoms. The molecule has 0 saturated carbocycles. The standard InChI is InChI=1S/C14H21NO/c1-3-15-9-7-12(8-10-15)13-5-4-6-14(11-13)16-2/h4-6,11-12H,3,7-10H2,1-2H3. The number of piperidine rings is 1. The molecule has 0 atom stereocenters. The highest BCUT2D eigenvalue weighted by molar-refractivity contribution is 5.31. The van der Waals surface area contributed by atoms with Crippen molar-refractivity contribution in [1.82, 2.24) is 4.90 Å². The zero-order valence-electron chi connectivity index (χ0n) is 10.3. The van der Waals surface area contributed by atoms with Crippen molar-refractivity contribution in [2.24, 2.45) is 0 Å². The normalized spacial score (nSPS) is 18.6. The first kappa shape index (κ1) is 11.5. The summed E-state index contributed by atoms with van der Waals surface area (Å²) in [6.45, 7) is 5.90. The predicted octanol–water partition coefficient (Wildman–Crippen LogP) is 2.89. The molecule has 1 fully saturated rings. The Hall–Kier alpha value is -1.02. The van der Waals surface area contributed by atoms with Crippen molar-refractivity contribution in [2.45, 2.75) is 25.7 Å². The van der Waals surface area contributed by atoms with Gasteiger partial charge in [0.1, 0.15) is 5.75 Å². The number of ether oxygens (including phenoxy) is 1. The third-order valence-corrected chi connectivity index (χ3v) is 3.60. The highest BCUT2D eigenvalue weighted by Crippen LogP contribution is 2.29. The number of hydrogen-bond acceptors (Lipinski definition) is 2. The van der Waals surface area contributed by atoms with E-state index in [0.29, 0.717) is 0 Å². The van der Waals surface area contributed by atoms with Crippen LogP contribution in [0.25, 0.3) is 0 Å². The minimum Gasteiger partial charge on any atom is -0.497 e. The van der Waals surface area contributed by atoms with Gasteiger partial charge in [0, 0.05) is 0 Å². The maximum Gasteiger partial charge on any atom is 0.119 e.